The second-order valence-electron chi connectivity index (χ2n) is 7.99. The van der Waals surface area contributed by atoms with Crippen LogP contribution in [-0.4, -0.2) is 24.7 Å². The third-order valence-corrected chi connectivity index (χ3v) is 8.44. The van der Waals surface area contributed by atoms with Crippen LogP contribution in [0, 0.1) is 11.3 Å². The molecule has 2 saturated carbocycles. The number of sulfonamides is 1. The van der Waals surface area contributed by atoms with Crippen LogP contribution in [0.2, 0.25) is 0 Å². The molecule has 4 nitrogen and oxygen atoms in total. The number of hydrogen-bond donors (Lipinski definition) is 0. The molecule has 0 unspecified atom stereocenters. The van der Waals surface area contributed by atoms with Crippen LogP contribution < -0.4 is 0 Å². The molecule has 0 aromatic heterocycles. The minimum atomic E-state index is -3.54. The van der Waals surface area contributed by atoms with Gasteiger partial charge in [-0.05, 0) is 59.3 Å². The first kappa shape index (κ1) is 15.3. The molecule has 0 amide bonds. The zero-order valence-corrected chi connectivity index (χ0v) is 14.4. The maximum absolute atomic E-state index is 12.6. The molecular formula is C16H27NO3S. The van der Waals surface area contributed by atoms with Crippen molar-refractivity contribution < 1.29 is 13.2 Å². The number of nitrogens with zero attached hydrogens (tertiary/aromatic N) is 1. The molecule has 3 rings (SSSR count). The van der Waals surface area contributed by atoms with E-state index in [4.69, 9.17) is 4.74 Å². The highest BCUT2D eigenvalue weighted by molar-refractivity contribution is 7.91. The van der Waals surface area contributed by atoms with Crippen LogP contribution in [0.15, 0.2) is 4.40 Å². The van der Waals surface area contributed by atoms with E-state index in [1.165, 1.54) is 32.1 Å². The molecule has 2 aliphatic carbocycles. The molecule has 21 heavy (non-hydrogen) atoms. The lowest BCUT2D eigenvalue weighted by Gasteiger charge is -2.45. The number of hydrogen-bond acceptors (Lipinski definition) is 3. The molecule has 0 aromatic carbocycles. The molecule has 0 aromatic rings. The molecule has 1 aliphatic heterocycles. The highest BCUT2D eigenvalue weighted by Gasteiger charge is 2.61. The summed E-state index contributed by atoms with van der Waals surface area (Å²) in [5.74, 6) is 1.07. The fourth-order valence-electron chi connectivity index (χ4n) is 3.70. The van der Waals surface area contributed by atoms with Gasteiger partial charge < -0.3 is 4.74 Å². The molecule has 120 valence electrons. The van der Waals surface area contributed by atoms with Crippen LogP contribution in [0.5, 0.6) is 0 Å². The Morgan fingerprint density at radius 1 is 1.05 bits per heavy atom. The summed E-state index contributed by atoms with van der Waals surface area (Å²) in [7, 11) is -3.54. The van der Waals surface area contributed by atoms with E-state index in [1.54, 1.807) is 13.8 Å². The van der Waals surface area contributed by atoms with Crippen molar-refractivity contribution in [2.24, 2.45) is 15.7 Å². The predicted molar refractivity (Wildman–Crippen MR) is 83.8 cm³/mol. The zero-order valence-electron chi connectivity index (χ0n) is 13.6. The highest BCUT2D eigenvalue weighted by atomic mass is 32.2. The number of rotatable bonds is 2. The van der Waals surface area contributed by atoms with E-state index >= 15 is 0 Å². The summed E-state index contributed by atoms with van der Waals surface area (Å²) in [6, 6.07) is 0. The molecule has 3 aliphatic rings. The molecule has 0 spiro atoms. The zero-order chi connectivity index (χ0) is 15.5. The van der Waals surface area contributed by atoms with E-state index in [2.05, 4.69) is 4.40 Å². The van der Waals surface area contributed by atoms with Crippen LogP contribution in [0.3, 0.4) is 0 Å². The summed E-state index contributed by atoms with van der Waals surface area (Å²) < 4.78 is 34.6. The van der Waals surface area contributed by atoms with Gasteiger partial charge in [-0.2, -0.15) is 0 Å². The standard InChI is InChI=1S/C16H27NO3S/c1-14(2)15(3,4)21(18,19)17-13(20-14)16(10-11-16)12-8-6-5-7-9-12/h12H,5-11H2,1-4H3. The van der Waals surface area contributed by atoms with Gasteiger partial charge >= 0.3 is 0 Å². The topological polar surface area (TPSA) is 55.7 Å². The van der Waals surface area contributed by atoms with Gasteiger partial charge in [-0.15, -0.1) is 4.40 Å². The monoisotopic (exact) mass is 313 g/mol. The lowest BCUT2D eigenvalue weighted by atomic mass is 9.77. The van der Waals surface area contributed by atoms with Gasteiger partial charge in [0.05, 0.1) is 5.41 Å². The third-order valence-electron chi connectivity index (χ3n) is 6.25. The van der Waals surface area contributed by atoms with Crippen molar-refractivity contribution >= 4 is 15.9 Å². The quantitative estimate of drug-likeness (QED) is 0.781. The number of ether oxygens (including phenoxy) is 1. The Hall–Kier alpha value is -0.580. The van der Waals surface area contributed by atoms with Gasteiger partial charge in [0.1, 0.15) is 10.3 Å². The molecule has 0 bridgehead atoms. The fraction of sp³-hybridized carbons (Fsp3) is 0.938. The van der Waals surface area contributed by atoms with E-state index in [1.807, 2.05) is 13.8 Å². The van der Waals surface area contributed by atoms with Crippen molar-refractivity contribution in [1.29, 1.82) is 0 Å². The van der Waals surface area contributed by atoms with Crippen LogP contribution in [0.4, 0.5) is 0 Å². The van der Waals surface area contributed by atoms with Crippen LogP contribution >= 0.6 is 0 Å². The smallest absolute Gasteiger partial charge is 0.265 e. The van der Waals surface area contributed by atoms with E-state index in [0.717, 1.165) is 12.8 Å². The Bertz CT molecular complexity index is 564. The largest absolute Gasteiger partial charge is 0.472 e. The molecule has 0 atom stereocenters. The van der Waals surface area contributed by atoms with Gasteiger partial charge in [-0.3, -0.25) is 0 Å². The molecule has 0 saturated heterocycles. The van der Waals surface area contributed by atoms with E-state index in [0.29, 0.717) is 11.8 Å². The Labute approximate surface area is 128 Å². The predicted octanol–water partition coefficient (Wildman–Crippen LogP) is 3.66. The van der Waals surface area contributed by atoms with Gasteiger partial charge in [0.2, 0.25) is 5.90 Å². The summed E-state index contributed by atoms with van der Waals surface area (Å²) in [6.07, 6.45) is 8.24. The van der Waals surface area contributed by atoms with Crippen molar-refractivity contribution in [2.75, 3.05) is 0 Å². The normalized spacial score (nSPS) is 32.9. The van der Waals surface area contributed by atoms with Crippen molar-refractivity contribution in [3.8, 4) is 0 Å². The Balaban J connectivity index is 1.98. The summed E-state index contributed by atoms with van der Waals surface area (Å²) in [6.45, 7) is 7.16. The fourth-order valence-corrected chi connectivity index (χ4v) is 5.02. The maximum Gasteiger partial charge on any atom is 0.265 e. The van der Waals surface area contributed by atoms with Crippen molar-refractivity contribution in [1.82, 2.24) is 0 Å². The maximum atomic E-state index is 12.6. The van der Waals surface area contributed by atoms with Gasteiger partial charge in [-0.25, -0.2) is 8.42 Å². The van der Waals surface area contributed by atoms with Crippen LogP contribution in [-0.2, 0) is 14.8 Å². The van der Waals surface area contributed by atoms with Crippen LogP contribution in [0.1, 0.15) is 72.6 Å². The van der Waals surface area contributed by atoms with E-state index in [-0.39, 0.29) is 5.41 Å². The van der Waals surface area contributed by atoms with Gasteiger partial charge in [0.25, 0.3) is 10.0 Å². The first-order valence-corrected chi connectivity index (χ1v) is 9.60. The summed E-state index contributed by atoms with van der Waals surface area (Å²) in [4.78, 5) is 0. The lowest BCUT2D eigenvalue weighted by Crippen LogP contribution is -2.57. The summed E-state index contributed by atoms with van der Waals surface area (Å²) in [5.41, 5.74) is -0.825. The third kappa shape index (κ3) is 2.14. The van der Waals surface area contributed by atoms with Crippen LogP contribution in [0.25, 0.3) is 0 Å². The van der Waals surface area contributed by atoms with Gasteiger partial charge in [-0.1, -0.05) is 19.3 Å². The Morgan fingerprint density at radius 3 is 2.10 bits per heavy atom. The second-order valence-corrected chi connectivity index (χ2v) is 10.1. The molecule has 0 N–H and O–H groups in total. The minimum absolute atomic E-state index is 0.0821. The van der Waals surface area contributed by atoms with Crippen molar-refractivity contribution in [2.45, 2.75) is 83.0 Å². The average Bonchev–Trinajstić information content (AvgIpc) is 3.18. The molecular weight excluding hydrogens is 286 g/mol. The molecule has 1 heterocycles. The Morgan fingerprint density at radius 2 is 1.62 bits per heavy atom. The first-order valence-electron chi connectivity index (χ1n) is 8.16. The van der Waals surface area contributed by atoms with Crippen molar-refractivity contribution in [3.05, 3.63) is 0 Å². The highest BCUT2D eigenvalue weighted by Crippen LogP contribution is 2.59. The SMILES string of the molecule is CC1(C)OC(C2(C3CCCCC3)CC2)=NS(=O)(=O)C1(C)C. The lowest BCUT2D eigenvalue weighted by molar-refractivity contribution is 0.0386. The first-order chi connectivity index (χ1) is 9.62. The molecule has 2 fully saturated rings. The summed E-state index contributed by atoms with van der Waals surface area (Å²) >= 11 is 0. The van der Waals surface area contributed by atoms with Gasteiger partial charge in [0.15, 0.2) is 0 Å². The van der Waals surface area contributed by atoms with Gasteiger partial charge in [0, 0.05) is 0 Å². The minimum Gasteiger partial charge on any atom is -0.472 e. The molecule has 5 heteroatoms. The van der Waals surface area contributed by atoms with E-state index < -0.39 is 20.4 Å². The molecule has 0 radical (unpaired) electrons. The average molecular weight is 313 g/mol. The van der Waals surface area contributed by atoms with E-state index in [9.17, 15) is 8.42 Å². The van der Waals surface area contributed by atoms with Crippen molar-refractivity contribution in [3.63, 3.8) is 0 Å². The second kappa shape index (κ2) is 4.46. The Kier molecular flexibility index (Phi) is 3.26. The summed E-state index contributed by atoms with van der Waals surface area (Å²) in [5, 5.41) is 0.